The SMILES string of the molecule is CCN(CC)S(=O)(=O)c1ccc(C)c(C(=O)NC(c2nc(C3CC3)no2)C(C)C)c1. The quantitative estimate of drug-likeness (QED) is 0.648. The molecule has 1 N–H and O–H groups in total. The van der Waals surface area contributed by atoms with Crippen LogP contribution in [-0.4, -0.2) is 41.9 Å². The summed E-state index contributed by atoms with van der Waals surface area (Å²) in [4.78, 5) is 17.7. The molecular formula is C21H30N4O4S. The lowest BCUT2D eigenvalue weighted by Gasteiger charge is -2.21. The standard InChI is InChI=1S/C21H30N4O4S/c1-6-25(7-2)30(27,28)16-11-8-14(5)17(12-16)20(26)22-18(13(3)4)21-23-19(24-29-21)15-9-10-15/h8,11-13,15,18H,6-7,9-10H2,1-5H3,(H,22,26). The molecule has 1 atom stereocenters. The number of benzene rings is 1. The molecule has 30 heavy (non-hydrogen) atoms. The van der Waals surface area contributed by atoms with E-state index in [4.69, 9.17) is 4.52 Å². The number of hydrogen-bond donors (Lipinski definition) is 1. The van der Waals surface area contributed by atoms with Gasteiger partial charge >= 0.3 is 0 Å². The van der Waals surface area contributed by atoms with Crippen molar-refractivity contribution in [3.63, 3.8) is 0 Å². The van der Waals surface area contributed by atoms with E-state index in [1.165, 1.54) is 10.4 Å². The van der Waals surface area contributed by atoms with Crippen LogP contribution < -0.4 is 5.32 Å². The van der Waals surface area contributed by atoms with Gasteiger partial charge in [-0.2, -0.15) is 9.29 Å². The Bertz CT molecular complexity index is 1010. The Labute approximate surface area is 178 Å². The number of sulfonamides is 1. The van der Waals surface area contributed by atoms with Gasteiger partial charge in [-0.3, -0.25) is 4.79 Å². The van der Waals surface area contributed by atoms with E-state index in [1.54, 1.807) is 32.9 Å². The summed E-state index contributed by atoms with van der Waals surface area (Å²) in [7, 11) is -3.66. The zero-order chi connectivity index (χ0) is 22.1. The second-order valence-electron chi connectivity index (χ2n) is 8.03. The van der Waals surface area contributed by atoms with Gasteiger partial charge in [-0.1, -0.05) is 38.9 Å². The number of aromatic nitrogens is 2. The van der Waals surface area contributed by atoms with E-state index < -0.39 is 16.1 Å². The van der Waals surface area contributed by atoms with Crippen LogP contribution in [0, 0.1) is 12.8 Å². The first-order chi connectivity index (χ1) is 14.2. The molecule has 1 aromatic heterocycles. The molecule has 0 radical (unpaired) electrons. The van der Waals surface area contributed by atoms with E-state index in [0.717, 1.165) is 12.8 Å². The predicted octanol–water partition coefficient (Wildman–Crippen LogP) is 3.41. The number of amides is 1. The Morgan fingerprint density at radius 1 is 1.27 bits per heavy atom. The molecule has 9 heteroatoms. The van der Waals surface area contributed by atoms with Gasteiger partial charge in [-0.25, -0.2) is 8.42 Å². The molecule has 0 saturated heterocycles. The topological polar surface area (TPSA) is 105 Å². The highest BCUT2D eigenvalue weighted by Crippen LogP contribution is 2.38. The van der Waals surface area contributed by atoms with Crippen LogP contribution in [-0.2, 0) is 10.0 Å². The molecule has 1 aliphatic carbocycles. The van der Waals surface area contributed by atoms with Crippen molar-refractivity contribution in [2.75, 3.05) is 13.1 Å². The minimum absolute atomic E-state index is 0.0179. The summed E-state index contributed by atoms with van der Waals surface area (Å²) in [6, 6.07) is 4.19. The van der Waals surface area contributed by atoms with Crippen LogP contribution in [0.15, 0.2) is 27.6 Å². The molecule has 0 spiro atoms. The zero-order valence-corrected chi connectivity index (χ0v) is 19.0. The molecule has 0 aliphatic heterocycles. The Kier molecular flexibility index (Phi) is 6.62. The van der Waals surface area contributed by atoms with Gasteiger partial charge in [0.1, 0.15) is 6.04 Å². The van der Waals surface area contributed by atoms with Crippen LogP contribution in [0.1, 0.15) is 80.1 Å². The van der Waals surface area contributed by atoms with Gasteiger partial charge in [0.05, 0.1) is 4.90 Å². The Hall–Kier alpha value is -2.26. The van der Waals surface area contributed by atoms with Crippen LogP contribution in [0.25, 0.3) is 0 Å². The van der Waals surface area contributed by atoms with Crippen molar-refractivity contribution in [3.8, 4) is 0 Å². The van der Waals surface area contributed by atoms with Gasteiger partial charge in [0, 0.05) is 24.6 Å². The highest BCUT2D eigenvalue weighted by Gasteiger charge is 2.32. The highest BCUT2D eigenvalue weighted by molar-refractivity contribution is 7.89. The molecule has 1 amide bonds. The van der Waals surface area contributed by atoms with Crippen LogP contribution in [0.4, 0.5) is 0 Å². The van der Waals surface area contributed by atoms with E-state index in [1.807, 2.05) is 13.8 Å². The Morgan fingerprint density at radius 2 is 1.93 bits per heavy atom. The lowest BCUT2D eigenvalue weighted by Crippen LogP contribution is -2.33. The molecule has 8 nitrogen and oxygen atoms in total. The number of aryl methyl sites for hydroxylation is 1. The Morgan fingerprint density at radius 3 is 2.50 bits per heavy atom. The van der Waals surface area contributed by atoms with Crippen molar-refractivity contribution >= 4 is 15.9 Å². The molecular weight excluding hydrogens is 404 g/mol. The monoisotopic (exact) mass is 434 g/mol. The predicted molar refractivity (Wildman–Crippen MR) is 113 cm³/mol. The summed E-state index contributed by atoms with van der Waals surface area (Å²) < 4.78 is 32.5. The number of hydrogen-bond acceptors (Lipinski definition) is 6. The van der Waals surface area contributed by atoms with Crippen molar-refractivity contribution in [2.45, 2.75) is 64.3 Å². The number of nitrogens with one attached hydrogen (secondary N) is 1. The first-order valence-corrected chi connectivity index (χ1v) is 11.9. The first kappa shape index (κ1) is 22.4. The number of nitrogens with zero attached hydrogens (tertiary/aromatic N) is 3. The fourth-order valence-corrected chi connectivity index (χ4v) is 4.82. The number of rotatable bonds is 9. The van der Waals surface area contributed by atoms with Crippen LogP contribution >= 0.6 is 0 Å². The molecule has 0 bridgehead atoms. The van der Waals surface area contributed by atoms with Crippen molar-refractivity contribution < 1.29 is 17.7 Å². The van der Waals surface area contributed by atoms with Crippen molar-refractivity contribution in [2.24, 2.45) is 5.92 Å². The largest absolute Gasteiger partial charge is 0.340 e. The molecule has 2 aromatic rings. The summed E-state index contributed by atoms with van der Waals surface area (Å²) in [5, 5.41) is 7.00. The van der Waals surface area contributed by atoms with E-state index >= 15 is 0 Å². The number of carbonyl (C=O) groups excluding carboxylic acids is 1. The van der Waals surface area contributed by atoms with Gasteiger partial charge in [0.15, 0.2) is 5.82 Å². The summed E-state index contributed by atoms with van der Waals surface area (Å²) in [5.41, 5.74) is 1.01. The van der Waals surface area contributed by atoms with E-state index in [2.05, 4.69) is 15.5 Å². The second kappa shape index (κ2) is 8.85. The maximum Gasteiger partial charge on any atom is 0.252 e. The maximum absolute atomic E-state index is 13.1. The molecule has 1 fully saturated rings. The third kappa shape index (κ3) is 4.57. The third-order valence-corrected chi connectivity index (χ3v) is 7.46. The van der Waals surface area contributed by atoms with Crippen LogP contribution in [0.2, 0.25) is 0 Å². The van der Waals surface area contributed by atoms with Gasteiger partial charge < -0.3 is 9.84 Å². The van der Waals surface area contributed by atoms with Gasteiger partial charge in [-0.15, -0.1) is 0 Å². The fourth-order valence-electron chi connectivity index (χ4n) is 3.33. The molecule has 3 rings (SSSR count). The minimum atomic E-state index is -3.66. The van der Waals surface area contributed by atoms with Crippen molar-refractivity contribution in [1.29, 1.82) is 0 Å². The fraction of sp³-hybridized carbons (Fsp3) is 0.571. The summed E-state index contributed by atoms with van der Waals surface area (Å²) in [5.74, 6) is 1.08. The molecule has 1 heterocycles. The molecule has 164 valence electrons. The maximum atomic E-state index is 13.1. The van der Waals surface area contributed by atoms with Gasteiger partial charge in [-0.05, 0) is 43.4 Å². The lowest BCUT2D eigenvalue weighted by molar-refractivity contribution is 0.0913. The van der Waals surface area contributed by atoms with E-state index in [9.17, 15) is 13.2 Å². The van der Waals surface area contributed by atoms with Gasteiger partial charge in [0.25, 0.3) is 5.91 Å². The zero-order valence-electron chi connectivity index (χ0n) is 18.2. The summed E-state index contributed by atoms with van der Waals surface area (Å²) in [6.45, 7) is 10.0. The normalized spacial score (nSPS) is 15.6. The van der Waals surface area contributed by atoms with Crippen molar-refractivity contribution in [1.82, 2.24) is 19.8 Å². The first-order valence-electron chi connectivity index (χ1n) is 10.4. The Balaban J connectivity index is 1.87. The molecule has 1 saturated carbocycles. The minimum Gasteiger partial charge on any atom is -0.340 e. The summed E-state index contributed by atoms with van der Waals surface area (Å²) in [6.07, 6.45) is 2.12. The van der Waals surface area contributed by atoms with E-state index in [-0.39, 0.29) is 16.7 Å². The average molecular weight is 435 g/mol. The third-order valence-electron chi connectivity index (χ3n) is 5.42. The number of carbonyl (C=O) groups is 1. The van der Waals surface area contributed by atoms with E-state index in [0.29, 0.717) is 41.8 Å². The second-order valence-corrected chi connectivity index (χ2v) is 9.96. The van der Waals surface area contributed by atoms with Gasteiger partial charge in [0.2, 0.25) is 15.9 Å². The molecule has 1 unspecified atom stereocenters. The highest BCUT2D eigenvalue weighted by atomic mass is 32.2. The lowest BCUT2D eigenvalue weighted by atomic mass is 10.0. The summed E-state index contributed by atoms with van der Waals surface area (Å²) >= 11 is 0. The van der Waals surface area contributed by atoms with Crippen molar-refractivity contribution in [3.05, 3.63) is 41.0 Å². The molecule has 1 aromatic carbocycles. The average Bonchev–Trinajstić information content (AvgIpc) is 3.44. The van der Waals surface area contributed by atoms with Crippen LogP contribution in [0.5, 0.6) is 0 Å². The van der Waals surface area contributed by atoms with Crippen LogP contribution in [0.3, 0.4) is 0 Å². The smallest absolute Gasteiger partial charge is 0.252 e. The molecule has 1 aliphatic rings.